The molecule has 11 nitrogen and oxygen atoms in total. The third-order valence-corrected chi connectivity index (χ3v) is 7.10. The number of imide groups is 1. The molecule has 0 aromatic heterocycles. The molecular formula is C28H28N2O9. The quantitative estimate of drug-likeness (QED) is 0.282. The number of carbonyl (C=O) groups is 5. The Bertz CT molecular complexity index is 1300. The van der Waals surface area contributed by atoms with Gasteiger partial charge in [-0.05, 0) is 75.3 Å². The summed E-state index contributed by atoms with van der Waals surface area (Å²) in [6.45, 7) is 2.56. The van der Waals surface area contributed by atoms with Gasteiger partial charge in [-0.2, -0.15) is 0 Å². The monoisotopic (exact) mass is 536 g/mol. The predicted octanol–water partition coefficient (Wildman–Crippen LogP) is 2.36. The number of esters is 2. The molecule has 204 valence electrons. The minimum atomic E-state index is -0.619. The summed E-state index contributed by atoms with van der Waals surface area (Å²) < 4.78 is 20.8. The molecular weight excluding hydrogens is 508 g/mol. The van der Waals surface area contributed by atoms with E-state index >= 15 is 0 Å². The van der Waals surface area contributed by atoms with Crippen LogP contribution in [0.1, 0.15) is 46.9 Å². The Morgan fingerprint density at radius 1 is 0.923 bits per heavy atom. The summed E-state index contributed by atoms with van der Waals surface area (Å²) in [7, 11) is 0. The van der Waals surface area contributed by atoms with Gasteiger partial charge in [-0.1, -0.05) is 0 Å². The van der Waals surface area contributed by atoms with Crippen molar-refractivity contribution in [2.24, 2.45) is 5.92 Å². The van der Waals surface area contributed by atoms with Crippen LogP contribution in [0.2, 0.25) is 0 Å². The van der Waals surface area contributed by atoms with Gasteiger partial charge < -0.3 is 18.9 Å². The number of hydrogen-bond donors (Lipinski definition) is 0. The summed E-state index contributed by atoms with van der Waals surface area (Å²) in [6, 6.07) is 10.3. The van der Waals surface area contributed by atoms with Crippen molar-refractivity contribution in [2.75, 3.05) is 38.0 Å². The minimum absolute atomic E-state index is 0.0393. The first-order valence-electron chi connectivity index (χ1n) is 12.8. The lowest BCUT2D eigenvalue weighted by molar-refractivity contribution is -0.149. The van der Waals surface area contributed by atoms with Crippen molar-refractivity contribution in [3.05, 3.63) is 53.6 Å². The molecule has 0 spiro atoms. The zero-order valence-electron chi connectivity index (χ0n) is 21.4. The van der Waals surface area contributed by atoms with Gasteiger partial charge in [0.25, 0.3) is 5.91 Å². The van der Waals surface area contributed by atoms with Gasteiger partial charge in [0.2, 0.25) is 12.7 Å². The number of fused-ring (bicyclic) bond motifs is 1. The highest BCUT2D eigenvalue weighted by Crippen LogP contribution is 2.33. The van der Waals surface area contributed by atoms with Gasteiger partial charge in [-0.3, -0.25) is 24.1 Å². The Morgan fingerprint density at radius 3 is 2.33 bits per heavy atom. The summed E-state index contributed by atoms with van der Waals surface area (Å²) in [6.07, 6.45) is 0.935. The van der Waals surface area contributed by atoms with E-state index in [9.17, 15) is 24.0 Å². The fourth-order valence-corrected chi connectivity index (χ4v) is 4.99. The largest absolute Gasteiger partial charge is 0.462 e. The molecule has 0 bridgehead atoms. The lowest BCUT2D eigenvalue weighted by Crippen LogP contribution is -2.47. The van der Waals surface area contributed by atoms with E-state index in [1.807, 2.05) is 4.90 Å². The van der Waals surface area contributed by atoms with Crippen LogP contribution in [0.25, 0.3) is 0 Å². The van der Waals surface area contributed by atoms with E-state index in [4.69, 9.17) is 18.9 Å². The summed E-state index contributed by atoms with van der Waals surface area (Å²) in [5.74, 6) is -1.29. The number of nitrogens with zero attached hydrogens (tertiary/aromatic N) is 2. The van der Waals surface area contributed by atoms with Crippen molar-refractivity contribution in [3.63, 3.8) is 0 Å². The van der Waals surface area contributed by atoms with Crippen LogP contribution in [0, 0.1) is 5.92 Å². The van der Waals surface area contributed by atoms with Crippen LogP contribution in [0.3, 0.4) is 0 Å². The van der Waals surface area contributed by atoms with Crippen LogP contribution in [0.15, 0.2) is 42.5 Å². The number of anilines is 1. The summed E-state index contributed by atoms with van der Waals surface area (Å²) >= 11 is 0. The Balaban J connectivity index is 1.12. The average molecular weight is 537 g/mol. The molecule has 5 rings (SSSR count). The number of rotatable bonds is 8. The number of piperidine rings is 1. The number of ether oxygens (including phenoxy) is 4. The molecule has 3 aliphatic rings. The number of Topliss-reactive ketones (excluding diaryl/α,β-unsaturated/α-hetero) is 1. The summed E-state index contributed by atoms with van der Waals surface area (Å²) in [4.78, 5) is 65.9. The highest BCUT2D eigenvalue weighted by Gasteiger charge is 2.44. The Morgan fingerprint density at radius 2 is 1.62 bits per heavy atom. The molecule has 1 atom stereocenters. The van der Waals surface area contributed by atoms with E-state index < -0.39 is 23.9 Å². The average Bonchev–Trinajstić information content (AvgIpc) is 3.54. The molecule has 0 saturated carbocycles. The zero-order valence-corrected chi connectivity index (χ0v) is 21.4. The molecule has 2 aromatic rings. The van der Waals surface area contributed by atoms with Gasteiger partial charge in [0.15, 0.2) is 23.9 Å². The molecule has 0 N–H and O–H groups in total. The molecule has 3 heterocycles. The standard InChI is InChI=1S/C28H28N2O9/c1-2-36-27(34)17-3-6-20(7-4-17)30-25(32)14-21(26(30)33)29-11-9-18(10-12-29)28(35)37-15-22(31)19-5-8-23-24(13-19)39-16-38-23/h3-8,13,18,21H,2,9-12,14-16H2,1H3/t21-/m0/s1. The normalized spacial score (nSPS) is 19.3. The SMILES string of the molecule is CCOC(=O)c1ccc(N2C(=O)C[C@H](N3CCC(C(=O)OCC(=O)c4ccc5c(c4)OCO5)CC3)C2=O)cc1. The van der Waals surface area contributed by atoms with Gasteiger partial charge >= 0.3 is 11.9 Å². The molecule has 2 saturated heterocycles. The first-order valence-corrected chi connectivity index (χ1v) is 12.8. The van der Waals surface area contributed by atoms with Crippen molar-refractivity contribution < 1.29 is 42.9 Å². The second kappa shape index (κ2) is 11.2. The fraction of sp³-hybridized carbons (Fsp3) is 0.393. The van der Waals surface area contributed by atoms with Crippen LogP contribution >= 0.6 is 0 Å². The maximum absolute atomic E-state index is 13.2. The number of likely N-dealkylation sites (tertiary alicyclic amines) is 1. The van der Waals surface area contributed by atoms with Gasteiger partial charge in [-0.25, -0.2) is 9.69 Å². The van der Waals surface area contributed by atoms with E-state index in [1.165, 1.54) is 12.1 Å². The molecule has 0 radical (unpaired) electrons. The van der Waals surface area contributed by atoms with E-state index in [1.54, 1.807) is 37.3 Å². The first kappa shape index (κ1) is 26.4. The number of hydrogen-bond acceptors (Lipinski definition) is 10. The molecule has 39 heavy (non-hydrogen) atoms. The molecule has 3 aliphatic heterocycles. The van der Waals surface area contributed by atoms with Gasteiger partial charge in [0.1, 0.15) is 0 Å². The number of carbonyl (C=O) groups excluding carboxylic acids is 5. The van der Waals surface area contributed by atoms with Crippen molar-refractivity contribution in [3.8, 4) is 11.5 Å². The van der Waals surface area contributed by atoms with Gasteiger partial charge in [0, 0.05) is 5.56 Å². The highest BCUT2D eigenvalue weighted by molar-refractivity contribution is 6.22. The molecule has 2 fully saturated rings. The molecule has 0 aliphatic carbocycles. The maximum atomic E-state index is 13.2. The fourth-order valence-electron chi connectivity index (χ4n) is 4.99. The van der Waals surface area contributed by atoms with E-state index in [0.717, 1.165) is 4.90 Å². The zero-order chi connectivity index (χ0) is 27.5. The Hall–Kier alpha value is -4.25. The first-order chi connectivity index (χ1) is 18.9. The van der Waals surface area contributed by atoms with Crippen molar-refractivity contribution in [2.45, 2.75) is 32.2 Å². The predicted molar refractivity (Wildman–Crippen MR) is 135 cm³/mol. The van der Waals surface area contributed by atoms with Crippen molar-refractivity contribution in [1.82, 2.24) is 4.90 Å². The van der Waals surface area contributed by atoms with E-state index in [-0.39, 0.29) is 44.0 Å². The Kier molecular flexibility index (Phi) is 7.60. The van der Waals surface area contributed by atoms with Crippen molar-refractivity contribution in [1.29, 1.82) is 0 Å². The number of ketones is 1. The third kappa shape index (κ3) is 5.49. The second-order valence-corrected chi connectivity index (χ2v) is 9.46. The molecule has 0 unspecified atom stereocenters. The smallest absolute Gasteiger partial charge is 0.338 e. The minimum Gasteiger partial charge on any atom is -0.462 e. The summed E-state index contributed by atoms with van der Waals surface area (Å²) in [5.41, 5.74) is 1.10. The van der Waals surface area contributed by atoms with Crippen LogP contribution in [-0.4, -0.2) is 73.6 Å². The summed E-state index contributed by atoms with van der Waals surface area (Å²) in [5, 5.41) is 0. The van der Waals surface area contributed by atoms with Crippen LogP contribution in [0.5, 0.6) is 11.5 Å². The Labute approximate surface area is 224 Å². The number of benzene rings is 2. The lowest BCUT2D eigenvalue weighted by Gasteiger charge is -2.33. The van der Waals surface area contributed by atoms with Gasteiger partial charge in [-0.15, -0.1) is 0 Å². The third-order valence-electron chi connectivity index (χ3n) is 7.10. The van der Waals surface area contributed by atoms with E-state index in [0.29, 0.717) is 54.2 Å². The lowest BCUT2D eigenvalue weighted by atomic mass is 9.95. The number of amides is 2. The van der Waals surface area contributed by atoms with Crippen LogP contribution in [0.4, 0.5) is 5.69 Å². The van der Waals surface area contributed by atoms with Crippen LogP contribution in [-0.2, 0) is 23.9 Å². The molecule has 2 amide bonds. The molecule has 11 heteroatoms. The van der Waals surface area contributed by atoms with Gasteiger partial charge in [0.05, 0.1) is 36.2 Å². The topological polar surface area (TPSA) is 129 Å². The molecule has 2 aromatic carbocycles. The highest BCUT2D eigenvalue weighted by atomic mass is 16.7. The maximum Gasteiger partial charge on any atom is 0.338 e. The van der Waals surface area contributed by atoms with Crippen molar-refractivity contribution >= 4 is 35.2 Å². The second-order valence-electron chi connectivity index (χ2n) is 9.46. The van der Waals surface area contributed by atoms with Crippen LogP contribution < -0.4 is 14.4 Å². The van der Waals surface area contributed by atoms with E-state index in [2.05, 4.69) is 0 Å².